The van der Waals surface area contributed by atoms with Crippen molar-refractivity contribution in [2.75, 3.05) is 36.8 Å². The van der Waals surface area contributed by atoms with Crippen LogP contribution in [0.2, 0.25) is 0 Å². The molecule has 1 fully saturated rings. The number of hydrogen-bond donors (Lipinski definition) is 2. The number of hydrogen-bond acceptors (Lipinski definition) is 4. The third-order valence-corrected chi connectivity index (χ3v) is 4.12. The Balaban J connectivity index is 2.14. The summed E-state index contributed by atoms with van der Waals surface area (Å²) in [6.45, 7) is 8.03. The van der Waals surface area contributed by atoms with E-state index in [1.54, 1.807) is 18.2 Å². The molecule has 1 aromatic rings. The second kappa shape index (κ2) is 6.13. The zero-order chi connectivity index (χ0) is 14.7. The first kappa shape index (κ1) is 14.7. The van der Waals surface area contributed by atoms with Crippen molar-refractivity contribution in [2.45, 2.75) is 26.3 Å². The van der Waals surface area contributed by atoms with Crippen molar-refractivity contribution in [3.05, 3.63) is 23.8 Å². The lowest BCUT2D eigenvalue weighted by molar-refractivity contribution is 0.0697. The molecule has 1 aromatic carbocycles. The average molecular weight is 277 g/mol. The number of carbonyl (C=O) groups is 1. The highest BCUT2D eigenvalue weighted by molar-refractivity contribution is 5.95. The Morgan fingerprint density at radius 2 is 2.00 bits per heavy atom. The normalized spacial score (nSPS) is 18.0. The minimum atomic E-state index is -0.899. The molecule has 0 aromatic heterocycles. The summed E-state index contributed by atoms with van der Waals surface area (Å²) in [7, 11) is 0. The first-order chi connectivity index (χ1) is 9.52. The summed E-state index contributed by atoms with van der Waals surface area (Å²) in [4.78, 5) is 15.9. The Kier molecular flexibility index (Phi) is 4.49. The van der Waals surface area contributed by atoms with Crippen molar-refractivity contribution in [2.24, 2.45) is 0 Å². The predicted molar refractivity (Wildman–Crippen MR) is 81.4 cm³/mol. The molecule has 110 valence electrons. The quantitative estimate of drug-likeness (QED) is 0.822. The fraction of sp³-hybridized carbons (Fsp3) is 0.533. The van der Waals surface area contributed by atoms with Gasteiger partial charge in [0, 0.05) is 37.9 Å². The molecule has 3 N–H and O–H groups in total. The maximum Gasteiger partial charge on any atom is 0.337 e. The summed E-state index contributed by atoms with van der Waals surface area (Å²) < 4.78 is 0. The summed E-state index contributed by atoms with van der Waals surface area (Å²) in [5.41, 5.74) is 7.47. The standard InChI is InChI=1S/C15H23N3O2/c1-3-11(2)17-6-8-18(9-7-17)14-10-12(16)4-5-13(14)15(19)20/h4-5,10-11H,3,6-9,16H2,1-2H3,(H,19,20). The number of nitrogens with zero attached hydrogens (tertiary/aromatic N) is 2. The van der Waals surface area contributed by atoms with Gasteiger partial charge in [0.25, 0.3) is 0 Å². The summed E-state index contributed by atoms with van der Waals surface area (Å²) in [6, 6.07) is 5.58. The highest BCUT2D eigenvalue weighted by Gasteiger charge is 2.23. The molecule has 0 radical (unpaired) electrons. The Bertz CT molecular complexity index is 482. The molecular formula is C15H23N3O2. The van der Waals surface area contributed by atoms with Gasteiger partial charge in [0.05, 0.1) is 11.3 Å². The number of nitrogens with two attached hydrogens (primary N) is 1. The number of rotatable bonds is 4. The lowest BCUT2D eigenvalue weighted by Crippen LogP contribution is -2.49. The largest absolute Gasteiger partial charge is 0.478 e. The molecule has 20 heavy (non-hydrogen) atoms. The lowest BCUT2D eigenvalue weighted by atomic mass is 10.1. The number of anilines is 2. The number of carboxylic acids is 1. The molecule has 1 aliphatic heterocycles. The molecule has 0 spiro atoms. The summed E-state index contributed by atoms with van der Waals surface area (Å²) >= 11 is 0. The van der Waals surface area contributed by atoms with Gasteiger partial charge in [-0.25, -0.2) is 4.79 Å². The second-order valence-electron chi connectivity index (χ2n) is 5.36. The molecule has 0 amide bonds. The Hall–Kier alpha value is -1.75. The first-order valence-electron chi connectivity index (χ1n) is 7.14. The van der Waals surface area contributed by atoms with Gasteiger partial charge >= 0.3 is 5.97 Å². The van der Waals surface area contributed by atoms with Crippen LogP contribution in [0.5, 0.6) is 0 Å². The van der Waals surface area contributed by atoms with Gasteiger partial charge in [0.1, 0.15) is 0 Å². The maximum atomic E-state index is 11.3. The molecule has 1 aliphatic rings. The summed E-state index contributed by atoms with van der Waals surface area (Å²) in [5.74, 6) is -0.899. The highest BCUT2D eigenvalue weighted by atomic mass is 16.4. The molecule has 0 bridgehead atoms. The van der Waals surface area contributed by atoms with Gasteiger partial charge in [0.2, 0.25) is 0 Å². The van der Waals surface area contributed by atoms with Crippen molar-refractivity contribution in [1.82, 2.24) is 4.90 Å². The first-order valence-corrected chi connectivity index (χ1v) is 7.14. The third kappa shape index (κ3) is 3.04. The van der Waals surface area contributed by atoms with Crippen molar-refractivity contribution >= 4 is 17.3 Å². The van der Waals surface area contributed by atoms with Crippen LogP contribution >= 0.6 is 0 Å². The van der Waals surface area contributed by atoms with Gasteiger partial charge in [-0.2, -0.15) is 0 Å². The van der Waals surface area contributed by atoms with E-state index in [1.165, 1.54) is 0 Å². The maximum absolute atomic E-state index is 11.3. The number of benzene rings is 1. The number of carboxylic acid groups (broad SMARTS) is 1. The highest BCUT2D eigenvalue weighted by Crippen LogP contribution is 2.25. The predicted octanol–water partition coefficient (Wildman–Crippen LogP) is 1.89. The second-order valence-corrected chi connectivity index (χ2v) is 5.36. The zero-order valence-electron chi connectivity index (χ0n) is 12.2. The van der Waals surface area contributed by atoms with Gasteiger partial charge in [-0.3, -0.25) is 4.90 Å². The summed E-state index contributed by atoms with van der Waals surface area (Å²) in [5, 5.41) is 9.29. The van der Waals surface area contributed by atoms with Gasteiger partial charge in [-0.1, -0.05) is 6.92 Å². The van der Waals surface area contributed by atoms with Crippen molar-refractivity contribution in [3.8, 4) is 0 Å². The Labute approximate surface area is 120 Å². The average Bonchev–Trinajstić information content (AvgIpc) is 2.46. The topological polar surface area (TPSA) is 69.8 Å². The van der Waals surface area contributed by atoms with Crippen LogP contribution in [0.25, 0.3) is 0 Å². The fourth-order valence-electron chi connectivity index (χ4n) is 2.65. The molecule has 1 unspecified atom stereocenters. The van der Waals surface area contributed by atoms with E-state index < -0.39 is 5.97 Å². The summed E-state index contributed by atoms with van der Waals surface area (Å²) in [6.07, 6.45) is 1.14. The lowest BCUT2D eigenvalue weighted by Gasteiger charge is -2.39. The number of nitrogen functional groups attached to an aromatic ring is 1. The van der Waals surface area contributed by atoms with Crippen LogP contribution in [0.3, 0.4) is 0 Å². The number of aromatic carboxylic acids is 1. The smallest absolute Gasteiger partial charge is 0.337 e. The zero-order valence-corrected chi connectivity index (χ0v) is 12.2. The Morgan fingerprint density at radius 3 is 2.55 bits per heavy atom. The molecule has 5 heteroatoms. The molecule has 5 nitrogen and oxygen atoms in total. The monoisotopic (exact) mass is 277 g/mol. The van der Waals surface area contributed by atoms with E-state index in [0.717, 1.165) is 38.3 Å². The van der Waals surface area contributed by atoms with Crippen LogP contribution in [0.4, 0.5) is 11.4 Å². The van der Waals surface area contributed by atoms with Crippen LogP contribution < -0.4 is 10.6 Å². The molecular weight excluding hydrogens is 254 g/mol. The number of piperazine rings is 1. The van der Waals surface area contributed by atoms with Crippen molar-refractivity contribution in [3.63, 3.8) is 0 Å². The van der Waals surface area contributed by atoms with Gasteiger partial charge in [-0.05, 0) is 31.5 Å². The minimum Gasteiger partial charge on any atom is -0.478 e. The van der Waals surface area contributed by atoms with E-state index in [0.29, 0.717) is 17.3 Å². The van der Waals surface area contributed by atoms with E-state index in [9.17, 15) is 9.90 Å². The molecule has 1 saturated heterocycles. The van der Waals surface area contributed by atoms with Crippen LogP contribution in [-0.4, -0.2) is 48.2 Å². The SMILES string of the molecule is CCC(C)N1CCN(c2cc(N)ccc2C(=O)O)CC1. The van der Waals surface area contributed by atoms with Crippen LogP contribution in [0.1, 0.15) is 30.6 Å². The van der Waals surface area contributed by atoms with Crippen LogP contribution in [0.15, 0.2) is 18.2 Å². The van der Waals surface area contributed by atoms with Crippen molar-refractivity contribution < 1.29 is 9.90 Å². The molecule has 2 rings (SSSR count). The third-order valence-electron chi connectivity index (χ3n) is 4.12. The minimum absolute atomic E-state index is 0.330. The van der Waals surface area contributed by atoms with Crippen LogP contribution in [0, 0.1) is 0 Å². The van der Waals surface area contributed by atoms with Crippen LogP contribution in [-0.2, 0) is 0 Å². The van der Waals surface area contributed by atoms with E-state index in [-0.39, 0.29) is 0 Å². The van der Waals surface area contributed by atoms with Gasteiger partial charge < -0.3 is 15.7 Å². The Morgan fingerprint density at radius 1 is 1.35 bits per heavy atom. The van der Waals surface area contributed by atoms with E-state index in [2.05, 4.69) is 23.6 Å². The molecule has 1 heterocycles. The van der Waals surface area contributed by atoms with E-state index in [4.69, 9.17) is 5.73 Å². The van der Waals surface area contributed by atoms with E-state index >= 15 is 0 Å². The van der Waals surface area contributed by atoms with E-state index in [1.807, 2.05) is 0 Å². The molecule has 0 aliphatic carbocycles. The van der Waals surface area contributed by atoms with Gasteiger partial charge in [0.15, 0.2) is 0 Å². The van der Waals surface area contributed by atoms with Gasteiger partial charge in [-0.15, -0.1) is 0 Å². The van der Waals surface area contributed by atoms with Crippen molar-refractivity contribution in [1.29, 1.82) is 0 Å². The molecule has 1 atom stereocenters. The fourth-order valence-corrected chi connectivity index (χ4v) is 2.65. The molecule has 0 saturated carbocycles.